The summed E-state index contributed by atoms with van der Waals surface area (Å²) in [4.78, 5) is 12.3. The van der Waals surface area contributed by atoms with Gasteiger partial charge in [-0.3, -0.25) is 4.79 Å². The Kier molecular flexibility index (Phi) is 5.70. The van der Waals surface area contributed by atoms with Crippen molar-refractivity contribution in [2.75, 3.05) is 0 Å². The van der Waals surface area contributed by atoms with Gasteiger partial charge in [-0.2, -0.15) is 4.57 Å². The van der Waals surface area contributed by atoms with E-state index in [1.165, 1.54) is 5.56 Å². The zero-order valence-electron chi connectivity index (χ0n) is 10.8. The average molecular weight is 341 g/mol. The molecule has 0 aliphatic heterocycles. The molecule has 0 aliphatic carbocycles. The molecule has 4 heteroatoms. The maximum absolute atomic E-state index is 12.3. The number of pyridine rings is 1. The zero-order chi connectivity index (χ0) is 13.1. The summed E-state index contributed by atoms with van der Waals surface area (Å²) < 4.78 is 1.91. The van der Waals surface area contributed by atoms with E-state index in [2.05, 4.69) is 0 Å². The molecule has 2 aromatic rings. The molecule has 0 amide bonds. The van der Waals surface area contributed by atoms with Crippen LogP contribution in [0.25, 0.3) is 0 Å². The van der Waals surface area contributed by atoms with Gasteiger partial charge in [0.1, 0.15) is 0 Å². The van der Waals surface area contributed by atoms with E-state index in [0.717, 1.165) is 0 Å². The van der Waals surface area contributed by atoms with E-state index in [-0.39, 0.29) is 28.8 Å². The van der Waals surface area contributed by atoms with Gasteiger partial charge in [-0.15, -0.1) is 0 Å². The van der Waals surface area contributed by atoms with Gasteiger partial charge in [0.05, 0.1) is 0 Å². The van der Waals surface area contributed by atoms with Crippen molar-refractivity contribution in [2.45, 2.75) is 19.9 Å². The number of benzene rings is 1. The molecule has 0 saturated heterocycles. The number of ketones is 1. The minimum absolute atomic E-state index is 0. The van der Waals surface area contributed by atoms with Crippen LogP contribution in [0.15, 0.2) is 48.8 Å². The molecule has 1 unspecified atom stereocenters. The molecule has 0 bridgehead atoms. The van der Waals surface area contributed by atoms with E-state index in [1.807, 2.05) is 42.9 Å². The van der Waals surface area contributed by atoms with Crippen molar-refractivity contribution in [3.63, 3.8) is 0 Å². The van der Waals surface area contributed by atoms with Crippen LogP contribution >= 0.6 is 11.6 Å². The number of nitrogens with zero attached hydrogens (tertiary/aromatic N) is 1. The fourth-order valence-corrected chi connectivity index (χ4v) is 1.89. The van der Waals surface area contributed by atoms with Crippen molar-refractivity contribution in [1.29, 1.82) is 0 Å². The Hall–Kier alpha value is -1.19. The highest BCUT2D eigenvalue weighted by Crippen LogP contribution is 2.13. The first-order valence-electron chi connectivity index (χ1n) is 5.85. The van der Waals surface area contributed by atoms with Crippen LogP contribution in [0.1, 0.15) is 28.9 Å². The standard InChI is InChI=1S/C15H15ClNO.BrH/c1-11-7-9-17(10-8-11)12(2)15(18)13-3-5-14(16)6-4-13;/h3-10,12H,1-2H3;1H/q+1;/p-1. The van der Waals surface area contributed by atoms with Crippen molar-refractivity contribution in [2.24, 2.45) is 0 Å². The van der Waals surface area contributed by atoms with Gasteiger partial charge in [-0.25, -0.2) is 0 Å². The summed E-state index contributed by atoms with van der Waals surface area (Å²) in [7, 11) is 0. The molecule has 1 atom stereocenters. The third-order valence-corrected chi connectivity index (χ3v) is 3.23. The highest BCUT2D eigenvalue weighted by molar-refractivity contribution is 6.30. The highest BCUT2D eigenvalue weighted by Gasteiger charge is 2.22. The number of rotatable bonds is 3. The van der Waals surface area contributed by atoms with Gasteiger partial charge in [0.2, 0.25) is 11.8 Å². The number of aromatic nitrogens is 1. The molecule has 0 N–H and O–H groups in total. The molecule has 1 heterocycles. The van der Waals surface area contributed by atoms with Gasteiger partial charge in [-0.1, -0.05) is 11.6 Å². The molecular weight excluding hydrogens is 326 g/mol. The zero-order valence-corrected chi connectivity index (χ0v) is 13.1. The third-order valence-electron chi connectivity index (χ3n) is 2.97. The molecule has 1 aromatic heterocycles. The Bertz CT molecular complexity index is 551. The molecule has 1 aromatic carbocycles. The largest absolute Gasteiger partial charge is 1.00 e. The first kappa shape index (κ1) is 15.9. The SMILES string of the molecule is Cc1cc[n+](C(C)C(=O)c2ccc(Cl)cc2)cc1.[Br-]. The number of aryl methyl sites for hydroxylation is 1. The Morgan fingerprint density at radius 3 is 2.16 bits per heavy atom. The highest BCUT2D eigenvalue weighted by atomic mass is 79.9. The molecular formula is C15H15BrClNO. The summed E-state index contributed by atoms with van der Waals surface area (Å²) in [6.45, 7) is 3.92. The number of hydrogen-bond acceptors (Lipinski definition) is 1. The van der Waals surface area contributed by atoms with Crippen molar-refractivity contribution < 1.29 is 26.3 Å². The average Bonchev–Trinajstić information content (AvgIpc) is 2.39. The van der Waals surface area contributed by atoms with Crippen LogP contribution in [0.2, 0.25) is 5.02 Å². The molecule has 0 spiro atoms. The predicted octanol–water partition coefficient (Wildman–Crippen LogP) is 0.384. The first-order valence-corrected chi connectivity index (χ1v) is 6.23. The Morgan fingerprint density at radius 2 is 1.63 bits per heavy atom. The number of hydrogen-bond donors (Lipinski definition) is 0. The Morgan fingerprint density at radius 1 is 1.11 bits per heavy atom. The fourth-order valence-electron chi connectivity index (χ4n) is 1.76. The molecule has 0 saturated carbocycles. The van der Waals surface area contributed by atoms with Crippen molar-refractivity contribution in [3.05, 3.63) is 64.9 Å². The van der Waals surface area contributed by atoms with Crippen LogP contribution < -0.4 is 21.5 Å². The van der Waals surface area contributed by atoms with Gasteiger partial charge in [0.25, 0.3) is 0 Å². The smallest absolute Gasteiger partial charge is 0.230 e. The molecule has 0 fully saturated rings. The van der Waals surface area contributed by atoms with Gasteiger partial charge >= 0.3 is 0 Å². The fraction of sp³-hybridized carbons (Fsp3) is 0.200. The summed E-state index contributed by atoms with van der Waals surface area (Å²) in [5.74, 6) is 0.0838. The number of carbonyl (C=O) groups excluding carboxylic acids is 1. The van der Waals surface area contributed by atoms with Crippen LogP contribution in [0.3, 0.4) is 0 Å². The summed E-state index contributed by atoms with van der Waals surface area (Å²) in [5, 5.41) is 0.641. The summed E-state index contributed by atoms with van der Waals surface area (Å²) >= 11 is 5.81. The minimum atomic E-state index is -0.216. The van der Waals surface area contributed by atoms with E-state index < -0.39 is 0 Å². The van der Waals surface area contributed by atoms with Crippen LogP contribution in [0.4, 0.5) is 0 Å². The lowest BCUT2D eigenvalue weighted by molar-refractivity contribution is -0.704. The predicted molar refractivity (Wildman–Crippen MR) is 71.9 cm³/mol. The molecule has 0 aliphatic rings. The molecule has 19 heavy (non-hydrogen) atoms. The van der Waals surface area contributed by atoms with Gasteiger partial charge in [0.15, 0.2) is 12.4 Å². The second-order valence-corrected chi connectivity index (χ2v) is 4.81. The Labute approximate surface area is 128 Å². The van der Waals surface area contributed by atoms with Crippen molar-refractivity contribution in [3.8, 4) is 0 Å². The van der Waals surface area contributed by atoms with E-state index in [1.54, 1.807) is 24.3 Å². The summed E-state index contributed by atoms with van der Waals surface area (Å²) in [5.41, 5.74) is 1.86. The van der Waals surface area contributed by atoms with E-state index in [4.69, 9.17) is 11.6 Å². The lowest BCUT2D eigenvalue weighted by Crippen LogP contribution is -3.00. The van der Waals surface area contributed by atoms with E-state index >= 15 is 0 Å². The second-order valence-electron chi connectivity index (χ2n) is 4.37. The normalized spacial score (nSPS) is 11.5. The van der Waals surface area contributed by atoms with E-state index in [9.17, 15) is 4.79 Å². The lowest BCUT2D eigenvalue weighted by atomic mass is 10.1. The van der Waals surface area contributed by atoms with Crippen molar-refractivity contribution >= 4 is 17.4 Å². The summed E-state index contributed by atoms with van der Waals surface area (Å²) in [6.07, 6.45) is 3.85. The van der Waals surface area contributed by atoms with E-state index in [0.29, 0.717) is 10.6 Å². The Balaban J connectivity index is 0.00000180. The van der Waals surface area contributed by atoms with Crippen LogP contribution in [0.5, 0.6) is 0 Å². The van der Waals surface area contributed by atoms with Crippen LogP contribution in [0, 0.1) is 6.92 Å². The van der Waals surface area contributed by atoms with Crippen LogP contribution in [-0.4, -0.2) is 5.78 Å². The lowest BCUT2D eigenvalue weighted by Gasteiger charge is -2.06. The van der Waals surface area contributed by atoms with Crippen LogP contribution in [-0.2, 0) is 0 Å². The molecule has 100 valence electrons. The van der Waals surface area contributed by atoms with Crippen molar-refractivity contribution in [1.82, 2.24) is 0 Å². The maximum atomic E-state index is 12.3. The maximum Gasteiger partial charge on any atom is 0.230 e. The first-order chi connectivity index (χ1) is 8.58. The number of halogens is 2. The molecule has 2 rings (SSSR count). The quantitative estimate of drug-likeness (QED) is 0.585. The molecule has 0 radical (unpaired) electrons. The molecule has 2 nitrogen and oxygen atoms in total. The van der Waals surface area contributed by atoms with Gasteiger partial charge < -0.3 is 17.0 Å². The topological polar surface area (TPSA) is 20.9 Å². The minimum Gasteiger partial charge on any atom is -1.00 e. The monoisotopic (exact) mass is 339 g/mol. The third kappa shape index (κ3) is 3.88. The number of carbonyl (C=O) groups is 1. The van der Waals surface area contributed by atoms with Gasteiger partial charge in [0, 0.05) is 29.6 Å². The summed E-state index contributed by atoms with van der Waals surface area (Å²) in [6, 6.07) is 10.8. The second kappa shape index (κ2) is 6.83. The number of Topliss-reactive ketones (excluding diaryl/α,β-unsaturated/α-hetero) is 1. The van der Waals surface area contributed by atoms with Gasteiger partial charge in [-0.05, 0) is 36.8 Å².